The average molecular weight is 307 g/mol. The smallest absolute Gasteiger partial charge is 0.241 e. The van der Waals surface area contributed by atoms with Gasteiger partial charge in [0, 0.05) is 12.1 Å². The Kier molecular flexibility index (Phi) is 5.72. The summed E-state index contributed by atoms with van der Waals surface area (Å²) in [5.41, 5.74) is 6.12. The maximum Gasteiger partial charge on any atom is 0.241 e. The van der Waals surface area contributed by atoms with Gasteiger partial charge in [-0.25, -0.2) is 0 Å². The van der Waals surface area contributed by atoms with Crippen LogP contribution in [0.3, 0.4) is 0 Å². The molecule has 0 saturated carbocycles. The predicted molar refractivity (Wildman–Crippen MR) is 76.6 cm³/mol. The van der Waals surface area contributed by atoms with E-state index >= 15 is 0 Å². The van der Waals surface area contributed by atoms with Crippen molar-refractivity contribution >= 4 is 35.6 Å². The van der Waals surface area contributed by atoms with E-state index in [1.54, 1.807) is 12.1 Å². The molecule has 0 bridgehead atoms. The van der Waals surface area contributed by atoms with Crippen molar-refractivity contribution < 1.29 is 14.3 Å². The van der Waals surface area contributed by atoms with Crippen molar-refractivity contribution in [2.75, 3.05) is 18.5 Å². The van der Waals surface area contributed by atoms with Gasteiger partial charge < -0.3 is 20.5 Å². The normalized spacial score (nSPS) is 14.3. The summed E-state index contributed by atoms with van der Waals surface area (Å²) >= 11 is 6.06. The minimum atomic E-state index is -0.547. The fraction of sp³-hybridized carbons (Fsp3) is 0.417. The molecule has 3 N–H and O–H groups in total. The Balaban J connectivity index is 0.00000180. The standard InChI is InChI=1S/C12H15ClN2O3.ClH/c1-2-8(14)12(16)15-9-6-11-10(5-7(9)13)17-3-4-18-11;/h5-6,8H,2-4,14H2,1H3,(H,15,16);1H/t8-;/m0./s1. The first-order valence-electron chi connectivity index (χ1n) is 5.77. The minimum Gasteiger partial charge on any atom is -0.486 e. The molecule has 1 amide bonds. The fourth-order valence-electron chi connectivity index (χ4n) is 1.57. The van der Waals surface area contributed by atoms with E-state index < -0.39 is 6.04 Å². The maximum atomic E-state index is 11.7. The molecule has 1 aliphatic heterocycles. The number of amides is 1. The van der Waals surface area contributed by atoms with E-state index in [0.29, 0.717) is 41.8 Å². The van der Waals surface area contributed by atoms with E-state index in [-0.39, 0.29) is 18.3 Å². The predicted octanol–water partition coefficient (Wildman–Crippen LogP) is 2.21. The summed E-state index contributed by atoms with van der Waals surface area (Å²) in [6.45, 7) is 2.82. The Bertz CT molecular complexity index is 469. The van der Waals surface area contributed by atoms with Gasteiger partial charge in [-0.05, 0) is 6.42 Å². The number of anilines is 1. The van der Waals surface area contributed by atoms with Crippen molar-refractivity contribution in [3.8, 4) is 11.5 Å². The van der Waals surface area contributed by atoms with Gasteiger partial charge >= 0.3 is 0 Å². The molecule has 106 valence electrons. The molecule has 1 aromatic carbocycles. The molecule has 1 heterocycles. The molecular formula is C12H16Cl2N2O3. The highest BCUT2D eigenvalue weighted by atomic mass is 35.5. The van der Waals surface area contributed by atoms with Crippen LogP contribution in [-0.4, -0.2) is 25.2 Å². The quantitative estimate of drug-likeness (QED) is 0.898. The van der Waals surface area contributed by atoms with Gasteiger partial charge in [-0.15, -0.1) is 12.4 Å². The third-order valence-electron chi connectivity index (χ3n) is 2.67. The molecule has 1 aromatic rings. The van der Waals surface area contributed by atoms with Crippen LogP contribution >= 0.6 is 24.0 Å². The molecule has 1 atom stereocenters. The topological polar surface area (TPSA) is 73.6 Å². The van der Waals surface area contributed by atoms with Crippen LogP contribution in [0.5, 0.6) is 11.5 Å². The van der Waals surface area contributed by atoms with Crippen molar-refractivity contribution in [2.45, 2.75) is 19.4 Å². The highest BCUT2D eigenvalue weighted by molar-refractivity contribution is 6.34. The van der Waals surface area contributed by atoms with E-state index in [9.17, 15) is 4.79 Å². The molecule has 5 nitrogen and oxygen atoms in total. The summed E-state index contributed by atoms with van der Waals surface area (Å²) in [6, 6.07) is 2.73. The SMILES string of the molecule is CC[C@H](N)C(=O)Nc1cc2c(cc1Cl)OCCO2.Cl. The Morgan fingerprint density at radius 3 is 2.58 bits per heavy atom. The van der Waals surface area contributed by atoms with Gasteiger partial charge in [0.1, 0.15) is 13.2 Å². The van der Waals surface area contributed by atoms with Crippen molar-refractivity contribution in [3.63, 3.8) is 0 Å². The Hall–Kier alpha value is -1.17. The molecule has 0 radical (unpaired) electrons. The summed E-state index contributed by atoms with van der Waals surface area (Å²) in [6.07, 6.45) is 0.563. The molecule has 0 aliphatic carbocycles. The van der Waals surface area contributed by atoms with Gasteiger partial charge in [-0.3, -0.25) is 4.79 Å². The number of rotatable bonds is 3. The number of fused-ring (bicyclic) bond motifs is 1. The number of ether oxygens (including phenoxy) is 2. The number of nitrogens with two attached hydrogens (primary N) is 1. The van der Waals surface area contributed by atoms with Gasteiger partial charge in [0.2, 0.25) is 5.91 Å². The van der Waals surface area contributed by atoms with Crippen LogP contribution in [0.2, 0.25) is 5.02 Å². The zero-order valence-electron chi connectivity index (χ0n) is 10.4. The highest BCUT2D eigenvalue weighted by Crippen LogP contribution is 2.37. The largest absolute Gasteiger partial charge is 0.486 e. The summed E-state index contributed by atoms with van der Waals surface area (Å²) in [5.74, 6) is 0.895. The number of benzene rings is 1. The zero-order chi connectivity index (χ0) is 13.1. The first-order chi connectivity index (χ1) is 8.61. The van der Waals surface area contributed by atoms with Crippen LogP contribution in [0.4, 0.5) is 5.69 Å². The van der Waals surface area contributed by atoms with Crippen LogP contribution in [0.1, 0.15) is 13.3 Å². The number of carbonyl (C=O) groups is 1. The first-order valence-corrected chi connectivity index (χ1v) is 6.15. The molecule has 19 heavy (non-hydrogen) atoms. The van der Waals surface area contributed by atoms with Gasteiger partial charge in [-0.2, -0.15) is 0 Å². The van der Waals surface area contributed by atoms with Crippen LogP contribution in [0, 0.1) is 0 Å². The molecular weight excluding hydrogens is 291 g/mol. The van der Waals surface area contributed by atoms with Gasteiger partial charge in [0.15, 0.2) is 11.5 Å². The van der Waals surface area contributed by atoms with E-state index in [1.807, 2.05) is 6.92 Å². The summed E-state index contributed by atoms with van der Waals surface area (Å²) in [7, 11) is 0. The summed E-state index contributed by atoms with van der Waals surface area (Å²) < 4.78 is 10.8. The van der Waals surface area contributed by atoms with Gasteiger partial charge in [0.25, 0.3) is 0 Å². The second-order valence-electron chi connectivity index (χ2n) is 3.98. The molecule has 0 aromatic heterocycles. The number of halogens is 2. The maximum absolute atomic E-state index is 11.7. The summed E-state index contributed by atoms with van der Waals surface area (Å²) in [5, 5.41) is 3.08. The van der Waals surface area contributed by atoms with Crippen LogP contribution in [0.25, 0.3) is 0 Å². The molecule has 2 rings (SSSR count). The Morgan fingerprint density at radius 2 is 2.00 bits per heavy atom. The average Bonchev–Trinajstić information content (AvgIpc) is 2.38. The van der Waals surface area contributed by atoms with E-state index in [1.165, 1.54) is 0 Å². The summed E-state index contributed by atoms with van der Waals surface area (Å²) in [4.78, 5) is 11.7. The number of nitrogens with one attached hydrogen (secondary N) is 1. The number of hydrogen-bond acceptors (Lipinski definition) is 4. The Morgan fingerprint density at radius 1 is 1.42 bits per heavy atom. The number of carbonyl (C=O) groups excluding carboxylic acids is 1. The lowest BCUT2D eigenvalue weighted by Crippen LogP contribution is -2.34. The Labute approximate surface area is 122 Å². The van der Waals surface area contributed by atoms with Crippen molar-refractivity contribution in [1.82, 2.24) is 0 Å². The van der Waals surface area contributed by atoms with Crippen molar-refractivity contribution in [2.24, 2.45) is 5.73 Å². The van der Waals surface area contributed by atoms with Gasteiger partial charge in [-0.1, -0.05) is 18.5 Å². The molecule has 0 fully saturated rings. The third-order valence-corrected chi connectivity index (χ3v) is 2.98. The first kappa shape index (κ1) is 15.9. The van der Waals surface area contributed by atoms with E-state index in [0.717, 1.165) is 0 Å². The van der Waals surface area contributed by atoms with E-state index in [2.05, 4.69) is 5.32 Å². The number of hydrogen-bond donors (Lipinski definition) is 2. The monoisotopic (exact) mass is 306 g/mol. The lowest BCUT2D eigenvalue weighted by molar-refractivity contribution is -0.117. The van der Waals surface area contributed by atoms with Crippen LogP contribution in [0.15, 0.2) is 12.1 Å². The zero-order valence-corrected chi connectivity index (χ0v) is 12.0. The van der Waals surface area contributed by atoms with Crippen LogP contribution in [-0.2, 0) is 4.79 Å². The molecule has 7 heteroatoms. The van der Waals surface area contributed by atoms with Gasteiger partial charge in [0.05, 0.1) is 16.8 Å². The second-order valence-corrected chi connectivity index (χ2v) is 4.39. The van der Waals surface area contributed by atoms with Crippen molar-refractivity contribution in [3.05, 3.63) is 17.2 Å². The lowest BCUT2D eigenvalue weighted by Gasteiger charge is -2.20. The molecule has 0 unspecified atom stereocenters. The fourth-order valence-corrected chi connectivity index (χ4v) is 1.77. The van der Waals surface area contributed by atoms with E-state index in [4.69, 9.17) is 26.8 Å². The molecule has 1 aliphatic rings. The second kappa shape index (κ2) is 6.84. The third kappa shape index (κ3) is 3.65. The highest BCUT2D eigenvalue weighted by Gasteiger charge is 2.18. The van der Waals surface area contributed by atoms with Crippen molar-refractivity contribution in [1.29, 1.82) is 0 Å². The molecule has 0 spiro atoms. The minimum absolute atomic E-state index is 0. The van der Waals surface area contributed by atoms with Crippen LogP contribution < -0.4 is 20.5 Å². The molecule has 0 saturated heterocycles. The lowest BCUT2D eigenvalue weighted by atomic mass is 10.2.